The van der Waals surface area contributed by atoms with E-state index in [4.69, 9.17) is 9.84 Å². The normalized spacial score (nSPS) is 26.5. The minimum atomic E-state index is -4.73. The van der Waals surface area contributed by atoms with Crippen LogP contribution in [-0.4, -0.2) is 23.4 Å². The van der Waals surface area contributed by atoms with Gasteiger partial charge in [-0.25, -0.2) is 0 Å². The molecule has 1 aliphatic rings. The molecule has 2 atom stereocenters. The number of hydrogen-bond acceptors (Lipinski definition) is 2. The Balaban J connectivity index is 2.52. The number of fused-ring (bicyclic) bond motifs is 1. The van der Waals surface area contributed by atoms with Gasteiger partial charge < -0.3 is 9.84 Å². The van der Waals surface area contributed by atoms with Crippen LogP contribution in [0.1, 0.15) is 18.1 Å². The Kier molecular flexibility index (Phi) is 2.99. The smallest absolute Gasteiger partial charge is 0.426 e. The Morgan fingerprint density at radius 3 is 2.63 bits per heavy atom. The molecule has 0 aromatic heterocycles. The second-order valence-electron chi connectivity index (χ2n) is 5.05. The molecule has 1 aromatic carbocycles. The molecule has 0 fully saturated rings. The molecule has 2 unspecified atom stereocenters. The number of hydrogen-bond donors (Lipinski definition) is 1. The van der Waals surface area contributed by atoms with Crippen molar-refractivity contribution in [1.29, 1.82) is 0 Å². The molecule has 2 rings (SSSR count). The van der Waals surface area contributed by atoms with Gasteiger partial charge in [0.05, 0.1) is 0 Å². The van der Waals surface area contributed by atoms with Gasteiger partial charge in [0.2, 0.25) is 6.10 Å². The summed E-state index contributed by atoms with van der Waals surface area (Å²) in [6.07, 6.45) is -7.27. The number of ether oxygens (including phenoxy) is 1. The Bertz CT molecular complexity index is 524. The van der Waals surface area contributed by atoms with Crippen LogP contribution in [0.25, 0.3) is 0 Å². The first-order valence-electron chi connectivity index (χ1n) is 5.71. The fourth-order valence-corrected chi connectivity index (χ4v) is 2.28. The highest BCUT2D eigenvalue weighted by Crippen LogP contribution is 2.45. The van der Waals surface area contributed by atoms with Crippen molar-refractivity contribution in [3.05, 3.63) is 29.3 Å². The average Bonchev–Trinajstić information content (AvgIpc) is 2.27. The van der Waals surface area contributed by atoms with Crippen molar-refractivity contribution in [2.75, 3.05) is 0 Å². The number of rotatable bonds is 1. The van der Waals surface area contributed by atoms with Crippen LogP contribution >= 0.6 is 0 Å². The first-order valence-corrected chi connectivity index (χ1v) is 5.71. The van der Waals surface area contributed by atoms with Gasteiger partial charge >= 0.3 is 12.1 Å². The summed E-state index contributed by atoms with van der Waals surface area (Å²) in [6.45, 7) is 2.80. The standard InChI is InChI=1S/C13H13F3O3/c1-7-3-4-8-6-12(2,11(17)18)10(13(14,15)16)19-9(8)5-7/h3-5,10H,6H2,1-2H3,(H,17,18). The molecule has 19 heavy (non-hydrogen) atoms. The van der Waals surface area contributed by atoms with Gasteiger partial charge in [0.1, 0.15) is 11.2 Å². The lowest BCUT2D eigenvalue weighted by molar-refractivity contribution is -0.234. The average molecular weight is 274 g/mol. The number of carboxylic acids is 1. The van der Waals surface area contributed by atoms with E-state index >= 15 is 0 Å². The highest BCUT2D eigenvalue weighted by atomic mass is 19.4. The van der Waals surface area contributed by atoms with Crippen LogP contribution in [0.15, 0.2) is 18.2 Å². The van der Waals surface area contributed by atoms with Gasteiger partial charge in [-0.05, 0) is 37.5 Å². The van der Waals surface area contributed by atoms with Crippen LogP contribution in [-0.2, 0) is 11.2 Å². The number of carboxylic acid groups (broad SMARTS) is 1. The zero-order valence-electron chi connectivity index (χ0n) is 10.4. The molecule has 1 N–H and O–H groups in total. The summed E-state index contributed by atoms with van der Waals surface area (Å²) in [6, 6.07) is 4.83. The van der Waals surface area contributed by atoms with Gasteiger partial charge in [0.25, 0.3) is 0 Å². The maximum atomic E-state index is 13.0. The molecule has 0 amide bonds. The number of carbonyl (C=O) groups is 1. The summed E-state index contributed by atoms with van der Waals surface area (Å²) in [5, 5.41) is 9.13. The van der Waals surface area contributed by atoms with E-state index in [0.29, 0.717) is 5.56 Å². The quantitative estimate of drug-likeness (QED) is 0.856. The van der Waals surface area contributed by atoms with Crippen molar-refractivity contribution < 1.29 is 27.8 Å². The third-order valence-corrected chi connectivity index (χ3v) is 3.39. The molecule has 6 heteroatoms. The molecule has 0 bridgehead atoms. The number of aliphatic carboxylic acids is 1. The van der Waals surface area contributed by atoms with Gasteiger partial charge in [-0.3, -0.25) is 4.79 Å². The second-order valence-corrected chi connectivity index (χ2v) is 5.05. The van der Waals surface area contributed by atoms with Crippen LogP contribution in [0.3, 0.4) is 0 Å². The maximum absolute atomic E-state index is 13.0. The van der Waals surface area contributed by atoms with Gasteiger partial charge in [-0.2, -0.15) is 13.2 Å². The monoisotopic (exact) mass is 274 g/mol. The lowest BCUT2D eigenvalue weighted by atomic mass is 9.76. The van der Waals surface area contributed by atoms with E-state index in [1.165, 1.54) is 6.07 Å². The van der Waals surface area contributed by atoms with E-state index in [-0.39, 0.29) is 12.2 Å². The molecule has 104 valence electrons. The second kappa shape index (κ2) is 4.15. The fraction of sp³-hybridized carbons (Fsp3) is 0.462. The highest BCUT2D eigenvalue weighted by molar-refractivity contribution is 5.76. The van der Waals surface area contributed by atoms with Crippen LogP contribution in [0, 0.1) is 12.3 Å². The van der Waals surface area contributed by atoms with E-state index in [2.05, 4.69) is 0 Å². The summed E-state index contributed by atoms with van der Waals surface area (Å²) >= 11 is 0. The van der Waals surface area contributed by atoms with Gasteiger partial charge in [-0.15, -0.1) is 0 Å². The summed E-state index contributed by atoms with van der Waals surface area (Å²) in [5.41, 5.74) is -0.768. The lowest BCUT2D eigenvalue weighted by Crippen LogP contribution is -2.55. The SMILES string of the molecule is Cc1ccc2c(c1)OC(C(F)(F)F)C(C)(C(=O)O)C2. The third-order valence-electron chi connectivity index (χ3n) is 3.39. The Hall–Kier alpha value is -1.72. The molecule has 0 radical (unpaired) electrons. The molecular formula is C13H13F3O3. The van der Waals surface area contributed by atoms with Gasteiger partial charge in [0, 0.05) is 0 Å². The van der Waals surface area contributed by atoms with E-state index in [1.54, 1.807) is 19.1 Å². The summed E-state index contributed by atoms with van der Waals surface area (Å²) in [7, 11) is 0. The van der Waals surface area contributed by atoms with Crippen molar-refractivity contribution >= 4 is 5.97 Å². The van der Waals surface area contributed by atoms with Crippen molar-refractivity contribution in [2.45, 2.75) is 32.5 Å². The lowest BCUT2D eigenvalue weighted by Gasteiger charge is -2.39. The third kappa shape index (κ3) is 2.27. The van der Waals surface area contributed by atoms with Crippen LogP contribution < -0.4 is 4.74 Å². The zero-order valence-corrected chi connectivity index (χ0v) is 10.4. The molecule has 1 aliphatic heterocycles. The van der Waals surface area contributed by atoms with Gasteiger partial charge in [-0.1, -0.05) is 12.1 Å². The summed E-state index contributed by atoms with van der Waals surface area (Å²) < 4.78 is 44.0. The van der Waals surface area contributed by atoms with Crippen LogP contribution in [0.2, 0.25) is 0 Å². The molecule has 3 nitrogen and oxygen atoms in total. The molecule has 0 aliphatic carbocycles. The summed E-state index contributed by atoms with van der Waals surface area (Å²) in [5.74, 6) is -1.40. The minimum absolute atomic E-state index is 0.112. The number of benzene rings is 1. The predicted octanol–water partition coefficient (Wildman–Crippen LogP) is 2.95. The van der Waals surface area contributed by atoms with Crippen molar-refractivity contribution in [2.24, 2.45) is 5.41 Å². The maximum Gasteiger partial charge on any atom is 0.426 e. The van der Waals surface area contributed by atoms with Crippen molar-refractivity contribution in [1.82, 2.24) is 0 Å². The first-order chi connectivity index (χ1) is 8.64. The minimum Gasteiger partial charge on any atom is -0.481 e. The number of aryl methyl sites for hydroxylation is 1. The topological polar surface area (TPSA) is 46.5 Å². The predicted molar refractivity (Wildman–Crippen MR) is 61.1 cm³/mol. The number of halogens is 3. The van der Waals surface area contributed by atoms with Crippen LogP contribution in [0.4, 0.5) is 13.2 Å². The van der Waals surface area contributed by atoms with E-state index < -0.39 is 23.7 Å². The zero-order chi connectivity index (χ0) is 14.4. The Morgan fingerprint density at radius 1 is 1.47 bits per heavy atom. The molecule has 0 saturated heterocycles. The molecule has 1 aromatic rings. The fourth-order valence-electron chi connectivity index (χ4n) is 2.28. The highest BCUT2D eigenvalue weighted by Gasteiger charge is 2.59. The molecular weight excluding hydrogens is 261 g/mol. The molecule has 1 heterocycles. The van der Waals surface area contributed by atoms with Crippen molar-refractivity contribution in [3.63, 3.8) is 0 Å². The van der Waals surface area contributed by atoms with E-state index in [1.807, 2.05) is 0 Å². The van der Waals surface area contributed by atoms with Crippen molar-refractivity contribution in [3.8, 4) is 5.75 Å². The van der Waals surface area contributed by atoms with E-state index in [9.17, 15) is 18.0 Å². The first kappa shape index (κ1) is 13.7. The molecule has 0 spiro atoms. The number of alkyl halides is 3. The van der Waals surface area contributed by atoms with E-state index in [0.717, 1.165) is 12.5 Å². The Labute approximate surface area is 108 Å². The summed E-state index contributed by atoms with van der Waals surface area (Å²) in [4.78, 5) is 11.2. The molecule has 0 saturated carbocycles. The van der Waals surface area contributed by atoms with Gasteiger partial charge in [0.15, 0.2) is 0 Å². The Morgan fingerprint density at radius 2 is 2.11 bits per heavy atom. The van der Waals surface area contributed by atoms with Crippen LogP contribution in [0.5, 0.6) is 5.75 Å². The largest absolute Gasteiger partial charge is 0.481 e.